The molecule has 1 saturated carbocycles. The lowest BCUT2D eigenvalue weighted by atomic mass is 10.1. The molecule has 0 radical (unpaired) electrons. The third-order valence-corrected chi connectivity index (χ3v) is 5.13. The van der Waals surface area contributed by atoms with Gasteiger partial charge in [-0.25, -0.2) is 4.98 Å². The summed E-state index contributed by atoms with van der Waals surface area (Å²) in [6.07, 6.45) is 3.89. The maximum atomic E-state index is 12.6. The lowest BCUT2D eigenvalue weighted by Gasteiger charge is -2.22. The molecule has 0 bridgehead atoms. The van der Waals surface area contributed by atoms with Crippen molar-refractivity contribution in [1.29, 1.82) is 0 Å². The summed E-state index contributed by atoms with van der Waals surface area (Å²) in [6, 6.07) is 10.7. The van der Waals surface area contributed by atoms with Gasteiger partial charge in [0, 0.05) is 31.4 Å². The molecule has 1 aliphatic rings. The number of alkyl halides is 2. The molecular formula is C22H23F2N3O3. The van der Waals surface area contributed by atoms with Crippen molar-refractivity contribution in [3.63, 3.8) is 0 Å². The van der Waals surface area contributed by atoms with Crippen molar-refractivity contribution < 1.29 is 18.3 Å². The minimum Gasteiger partial charge on any atom is -0.493 e. The molecule has 2 aromatic heterocycles. The second-order valence-corrected chi connectivity index (χ2v) is 7.52. The van der Waals surface area contributed by atoms with Gasteiger partial charge in [0.05, 0.1) is 12.8 Å². The molecule has 1 aliphatic carbocycles. The van der Waals surface area contributed by atoms with Crippen LogP contribution < -0.4 is 15.0 Å². The number of nitrogens with zero attached hydrogens (tertiary/aromatic N) is 3. The van der Waals surface area contributed by atoms with Crippen molar-refractivity contribution in [3.8, 4) is 11.5 Å². The summed E-state index contributed by atoms with van der Waals surface area (Å²) in [7, 11) is 1.42. The van der Waals surface area contributed by atoms with E-state index in [1.165, 1.54) is 17.6 Å². The van der Waals surface area contributed by atoms with Gasteiger partial charge in [0.25, 0.3) is 5.56 Å². The van der Waals surface area contributed by atoms with Gasteiger partial charge in [0.1, 0.15) is 5.65 Å². The lowest BCUT2D eigenvalue weighted by molar-refractivity contribution is -0.0512. The fourth-order valence-corrected chi connectivity index (χ4v) is 3.53. The third-order valence-electron chi connectivity index (χ3n) is 5.13. The molecule has 3 aromatic rings. The van der Waals surface area contributed by atoms with Crippen molar-refractivity contribution in [1.82, 2.24) is 14.3 Å². The van der Waals surface area contributed by atoms with Crippen molar-refractivity contribution in [2.75, 3.05) is 7.11 Å². The Labute approximate surface area is 172 Å². The van der Waals surface area contributed by atoms with Gasteiger partial charge in [-0.3, -0.25) is 14.1 Å². The maximum Gasteiger partial charge on any atom is 0.387 e. The number of aryl methyl sites for hydroxylation is 1. The molecule has 0 aliphatic heterocycles. The van der Waals surface area contributed by atoms with Crippen LogP contribution in [0.25, 0.3) is 5.65 Å². The first-order valence-corrected chi connectivity index (χ1v) is 9.77. The van der Waals surface area contributed by atoms with Gasteiger partial charge in [0.2, 0.25) is 0 Å². The Hall–Kier alpha value is -3.00. The van der Waals surface area contributed by atoms with Crippen LogP contribution in [-0.4, -0.2) is 34.0 Å². The molecule has 30 heavy (non-hydrogen) atoms. The van der Waals surface area contributed by atoms with E-state index in [0.29, 0.717) is 30.5 Å². The molecule has 158 valence electrons. The second-order valence-electron chi connectivity index (χ2n) is 7.52. The number of fused-ring (bicyclic) bond motifs is 1. The number of aromatic nitrogens is 2. The molecule has 0 amide bonds. The highest BCUT2D eigenvalue weighted by molar-refractivity contribution is 5.43. The monoisotopic (exact) mass is 415 g/mol. The zero-order valence-electron chi connectivity index (χ0n) is 16.8. The zero-order chi connectivity index (χ0) is 21.3. The smallest absolute Gasteiger partial charge is 0.387 e. The molecule has 0 unspecified atom stereocenters. The molecule has 0 saturated heterocycles. The van der Waals surface area contributed by atoms with Crippen LogP contribution in [0.5, 0.6) is 11.5 Å². The van der Waals surface area contributed by atoms with Crippen molar-refractivity contribution in [2.45, 2.75) is 45.5 Å². The highest BCUT2D eigenvalue weighted by atomic mass is 19.3. The summed E-state index contributed by atoms with van der Waals surface area (Å²) in [5.74, 6) is 0.273. The summed E-state index contributed by atoms with van der Waals surface area (Å²) in [6.45, 7) is 0.172. The average Bonchev–Trinajstić information content (AvgIpc) is 3.53. The minimum absolute atomic E-state index is 0.00816. The van der Waals surface area contributed by atoms with Gasteiger partial charge < -0.3 is 9.47 Å². The highest BCUT2D eigenvalue weighted by Crippen LogP contribution is 2.33. The topological polar surface area (TPSA) is 56.1 Å². The maximum absolute atomic E-state index is 12.6. The van der Waals surface area contributed by atoms with Crippen LogP contribution in [0.2, 0.25) is 0 Å². The van der Waals surface area contributed by atoms with E-state index in [0.717, 1.165) is 24.0 Å². The van der Waals surface area contributed by atoms with E-state index in [-0.39, 0.29) is 17.1 Å². The van der Waals surface area contributed by atoms with E-state index in [1.54, 1.807) is 24.4 Å². The first kappa shape index (κ1) is 20.3. The Kier molecular flexibility index (Phi) is 5.67. The van der Waals surface area contributed by atoms with E-state index < -0.39 is 6.61 Å². The summed E-state index contributed by atoms with van der Waals surface area (Å²) in [4.78, 5) is 19.4. The van der Waals surface area contributed by atoms with E-state index in [2.05, 4.69) is 14.6 Å². The molecule has 8 heteroatoms. The average molecular weight is 415 g/mol. The van der Waals surface area contributed by atoms with Gasteiger partial charge in [-0.05, 0) is 55.2 Å². The Morgan fingerprint density at radius 1 is 1.17 bits per heavy atom. The molecule has 6 nitrogen and oxygen atoms in total. The third kappa shape index (κ3) is 4.59. The predicted octanol–water partition coefficient (Wildman–Crippen LogP) is 3.78. The molecule has 4 rings (SSSR count). The Bertz CT molecular complexity index is 1110. The van der Waals surface area contributed by atoms with Gasteiger partial charge in [-0.1, -0.05) is 6.07 Å². The zero-order valence-corrected chi connectivity index (χ0v) is 16.8. The molecule has 0 spiro atoms. The highest BCUT2D eigenvalue weighted by Gasteiger charge is 2.29. The number of hydrogen-bond acceptors (Lipinski definition) is 5. The fraction of sp³-hybridized carbons (Fsp3) is 0.364. The Morgan fingerprint density at radius 2 is 1.97 bits per heavy atom. The Morgan fingerprint density at radius 3 is 2.67 bits per heavy atom. The number of pyridine rings is 1. The van der Waals surface area contributed by atoms with Gasteiger partial charge >= 0.3 is 6.61 Å². The van der Waals surface area contributed by atoms with Crippen LogP contribution in [0.4, 0.5) is 8.78 Å². The van der Waals surface area contributed by atoms with Gasteiger partial charge in [-0.2, -0.15) is 8.78 Å². The largest absolute Gasteiger partial charge is 0.493 e. The van der Waals surface area contributed by atoms with Gasteiger partial charge in [0.15, 0.2) is 11.5 Å². The summed E-state index contributed by atoms with van der Waals surface area (Å²) in [5, 5.41) is 0. The summed E-state index contributed by atoms with van der Waals surface area (Å²) >= 11 is 0. The standard InChI is InChI=1S/C22H23F2N3O3/c1-14-7-8-27-20(9-14)25-16(11-21(27)28)13-26(17-4-5-17)12-15-3-6-18(30-22(23)24)19(10-15)29-2/h3,6-11,17,22H,4-5,12-13H2,1-2H3. The molecular weight excluding hydrogens is 392 g/mol. The fourth-order valence-electron chi connectivity index (χ4n) is 3.53. The van der Waals surface area contributed by atoms with Crippen molar-refractivity contribution in [3.05, 3.63) is 69.8 Å². The first-order chi connectivity index (χ1) is 14.4. The van der Waals surface area contributed by atoms with Crippen molar-refractivity contribution in [2.24, 2.45) is 0 Å². The molecule has 1 aromatic carbocycles. The number of benzene rings is 1. The van der Waals surface area contributed by atoms with E-state index in [9.17, 15) is 13.6 Å². The van der Waals surface area contributed by atoms with Crippen LogP contribution in [0.1, 0.15) is 29.7 Å². The van der Waals surface area contributed by atoms with Crippen LogP contribution >= 0.6 is 0 Å². The number of halogens is 2. The normalized spacial score (nSPS) is 13.9. The summed E-state index contributed by atoms with van der Waals surface area (Å²) in [5.41, 5.74) is 3.18. The number of hydrogen-bond donors (Lipinski definition) is 0. The molecule has 0 atom stereocenters. The SMILES string of the molecule is COc1cc(CN(Cc2cc(=O)n3ccc(C)cc3n2)C2CC2)ccc1OC(F)F. The van der Waals surface area contributed by atoms with E-state index in [4.69, 9.17) is 4.74 Å². The molecule has 2 heterocycles. The first-order valence-electron chi connectivity index (χ1n) is 9.77. The number of ether oxygens (including phenoxy) is 2. The number of rotatable bonds is 8. The summed E-state index contributed by atoms with van der Waals surface area (Å²) < 4.78 is 36.3. The number of methoxy groups -OCH3 is 1. The second kappa shape index (κ2) is 8.39. The molecule has 1 fully saturated rings. The van der Waals surface area contributed by atoms with Crippen LogP contribution in [-0.2, 0) is 13.1 Å². The van der Waals surface area contributed by atoms with Crippen LogP contribution in [0.3, 0.4) is 0 Å². The van der Waals surface area contributed by atoms with E-state index in [1.807, 2.05) is 19.1 Å². The minimum atomic E-state index is -2.91. The van der Waals surface area contributed by atoms with Crippen molar-refractivity contribution >= 4 is 5.65 Å². The quantitative estimate of drug-likeness (QED) is 0.561. The van der Waals surface area contributed by atoms with Crippen LogP contribution in [0.15, 0.2) is 47.4 Å². The predicted molar refractivity (Wildman–Crippen MR) is 108 cm³/mol. The molecule has 0 N–H and O–H groups in total. The lowest BCUT2D eigenvalue weighted by Crippen LogP contribution is -2.27. The van der Waals surface area contributed by atoms with Crippen LogP contribution in [0, 0.1) is 6.92 Å². The Balaban J connectivity index is 1.57. The van der Waals surface area contributed by atoms with Gasteiger partial charge in [-0.15, -0.1) is 0 Å². The van der Waals surface area contributed by atoms with E-state index >= 15 is 0 Å².